The van der Waals surface area contributed by atoms with E-state index >= 15 is 0 Å². The van der Waals surface area contributed by atoms with Crippen molar-refractivity contribution < 1.29 is 0 Å². The Labute approximate surface area is 123 Å². The molecule has 0 fully saturated rings. The molecule has 102 valence electrons. The molecule has 21 heavy (non-hydrogen) atoms. The van der Waals surface area contributed by atoms with Crippen LogP contribution in [0.1, 0.15) is 18.2 Å². The molecule has 1 N–H and O–H groups in total. The number of aromatic amines is 1. The first-order chi connectivity index (χ1) is 10.2. The van der Waals surface area contributed by atoms with Crippen LogP contribution in [0, 0.1) is 6.92 Å². The zero-order valence-corrected chi connectivity index (χ0v) is 12.1. The van der Waals surface area contributed by atoms with Crippen molar-refractivity contribution in [2.24, 2.45) is 4.99 Å². The van der Waals surface area contributed by atoms with E-state index in [9.17, 15) is 0 Å². The number of allylic oxidation sites excluding steroid dienone is 1. The van der Waals surface area contributed by atoms with Crippen LogP contribution in [0.3, 0.4) is 0 Å². The van der Waals surface area contributed by atoms with Gasteiger partial charge in [0.25, 0.3) is 0 Å². The lowest BCUT2D eigenvalue weighted by atomic mass is 10.1. The van der Waals surface area contributed by atoms with E-state index < -0.39 is 0 Å². The first kappa shape index (κ1) is 12.2. The lowest BCUT2D eigenvalue weighted by Gasteiger charge is -1.97. The van der Waals surface area contributed by atoms with Crippen molar-refractivity contribution in [3.63, 3.8) is 0 Å². The van der Waals surface area contributed by atoms with Crippen LogP contribution in [-0.4, -0.2) is 4.98 Å². The molecule has 1 aliphatic rings. The molecule has 2 heterocycles. The molecule has 3 aromatic rings. The molecule has 2 heteroatoms. The summed E-state index contributed by atoms with van der Waals surface area (Å²) in [5.74, 6) is 0. The van der Waals surface area contributed by atoms with Crippen LogP contribution in [0.2, 0.25) is 0 Å². The number of hydrogen-bond acceptors (Lipinski definition) is 1. The van der Waals surface area contributed by atoms with Gasteiger partial charge in [-0.05, 0) is 43.2 Å². The number of nitrogens with zero attached hydrogens (tertiary/aromatic N) is 1. The van der Waals surface area contributed by atoms with Crippen molar-refractivity contribution in [3.8, 4) is 0 Å². The SMILES string of the molecule is CC1=c2ccccc2=NC1=Cc1[nH]c2ccccc2c1C. The predicted octanol–water partition coefficient (Wildman–Crippen LogP) is 3.32. The van der Waals surface area contributed by atoms with Crippen LogP contribution in [0.25, 0.3) is 22.6 Å². The van der Waals surface area contributed by atoms with Gasteiger partial charge in [-0.2, -0.15) is 0 Å². The quantitative estimate of drug-likeness (QED) is 0.704. The number of H-pyrrole nitrogens is 1. The van der Waals surface area contributed by atoms with Gasteiger partial charge in [-0.25, -0.2) is 4.99 Å². The van der Waals surface area contributed by atoms with Gasteiger partial charge in [0.05, 0.1) is 11.1 Å². The summed E-state index contributed by atoms with van der Waals surface area (Å²) in [6.07, 6.45) is 2.16. The fourth-order valence-electron chi connectivity index (χ4n) is 2.96. The molecule has 1 aromatic heterocycles. The monoisotopic (exact) mass is 272 g/mol. The molecule has 0 bridgehead atoms. The molecule has 0 atom stereocenters. The number of fused-ring (bicyclic) bond motifs is 2. The number of nitrogens with one attached hydrogen (secondary N) is 1. The minimum Gasteiger partial charge on any atom is -0.355 e. The van der Waals surface area contributed by atoms with E-state index in [-0.39, 0.29) is 0 Å². The molecule has 0 spiro atoms. The molecule has 0 radical (unpaired) electrons. The molecule has 2 nitrogen and oxygen atoms in total. The second-order valence-corrected chi connectivity index (χ2v) is 5.49. The van der Waals surface area contributed by atoms with E-state index in [4.69, 9.17) is 4.99 Å². The molecule has 0 saturated heterocycles. The summed E-state index contributed by atoms with van der Waals surface area (Å²) < 4.78 is 0. The lowest BCUT2D eigenvalue weighted by Crippen LogP contribution is -2.21. The minimum absolute atomic E-state index is 1.05. The molecule has 0 saturated carbocycles. The fraction of sp³-hybridized carbons (Fsp3) is 0.105. The number of aryl methyl sites for hydroxylation is 1. The van der Waals surface area contributed by atoms with Crippen molar-refractivity contribution in [2.75, 3.05) is 0 Å². The Bertz CT molecular complexity index is 1000. The predicted molar refractivity (Wildman–Crippen MR) is 87.3 cm³/mol. The highest BCUT2D eigenvalue weighted by molar-refractivity contribution is 5.88. The van der Waals surface area contributed by atoms with Gasteiger partial charge >= 0.3 is 0 Å². The maximum Gasteiger partial charge on any atom is 0.0712 e. The van der Waals surface area contributed by atoms with E-state index in [1.54, 1.807) is 0 Å². The first-order valence-electron chi connectivity index (χ1n) is 7.18. The van der Waals surface area contributed by atoms with Crippen LogP contribution < -0.4 is 10.6 Å². The number of aromatic nitrogens is 1. The summed E-state index contributed by atoms with van der Waals surface area (Å²) in [6.45, 7) is 4.29. The van der Waals surface area contributed by atoms with Gasteiger partial charge in [0.15, 0.2) is 0 Å². The van der Waals surface area contributed by atoms with E-state index in [1.807, 2.05) is 6.07 Å². The average Bonchev–Trinajstić information content (AvgIpc) is 2.99. The molecule has 0 unspecified atom stereocenters. The van der Waals surface area contributed by atoms with Crippen molar-refractivity contribution >= 4 is 22.6 Å². The molecular formula is C19H16N2. The summed E-state index contributed by atoms with van der Waals surface area (Å²) >= 11 is 0. The second kappa shape index (κ2) is 4.45. The molecule has 1 aliphatic heterocycles. The van der Waals surface area contributed by atoms with E-state index in [1.165, 1.54) is 27.3 Å². The number of hydrogen-bond donors (Lipinski definition) is 1. The van der Waals surface area contributed by atoms with Gasteiger partial charge < -0.3 is 4.98 Å². The van der Waals surface area contributed by atoms with Crippen molar-refractivity contribution in [1.29, 1.82) is 0 Å². The highest BCUT2D eigenvalue weighted by Crippen LogP contribution is 2.25. The summed E-state index contributed by atoms with van der Waals surface area (Å²) in [5, 5.41) is 3.57. The average molecular weight is 272 g/mol. The number of benzene rings is 2. The lowest BCUT2D eigenvalue weighted by molar-refractivity contribution is 1.31. The maximum atomic E-state index is 4.74. The third kappa shape index (κ3) is 1.83. The highest BCUT2D eigenvalue weighted by atomic mass is 14.8. The molecular weight excluding hydrogens is 256 g/mol. The fourth-order valence-corrected chi connectivity index (χ4v) is 2.96. The maximum absolute atomic E-state index is 4.74. The minimum atomic E-state index is 1.05. The Morgan fingerprint density at radius 2 is 1.71 bits per heavy atom. The second-order valence-electron chi connectivity index (χ2n) is 5.49. The first-order valence-corrected chi connectivity index (χ1v) is 7.18. The smallest absolute Gasteiger partial charge is 0.0712 e. The van der Waals surface area contributed by atoms with Crippen molar-refractivity contribution in [1.82, 2.24) is 4.98 Å². The van der Waals surface area contributed by atoms with Crippen LogP contribution in [0.15, 0.2) is 59.2 Å². The van der Waals surface area contributed by atoms with Gasteiger partial charge in [-0.15, -0.1) is 0 Å². The summed E-state index contributed by atoms with van der Waals surface area (Å²) in [4.78, 5) is 8.23. The van der Waals surface area contributed by atoms with Crippen LogP contribution >= 0.6 is 0 Å². The van der Waals surface area contributed by atoms with Gasteiger partial charge in [0, 0.05) is 21.8 Å². The standard InChI is InChI=1S/C19H16N2/c1-12-14-7-3-5-9-16(14)20-18(12)11-19-13(2)15-8-4-6-10-17(15)21-19/h3-11,20H,1-2H3. The van der Waals surface area contributed by atoms with E-state index in [2.05, 4.69) is 67.4 Å². The summed E-state index contributed by atoms with van der Waals surface area (Å²) in [5.41, 5.74) is 5.88. The zero-order chi connectivity index (χ0) is 14.4. The van der Waals surface area contributed by atoms with Gasteiger partial charge in [0.1, 0.15) is 0 Å². The Hall–Kier alpha value is -2.61. The number of para-hydroxylation sites is 2. The van der Waals surface area contributed by atoms with Crippen molar-refractivity contribution in [2.45, 2.75) is 13.8 Å². The number of rotatable bonds is 1. The molecule has 0 amide bonds. The van der Waals surface area contributed by atoms with Crippen LogP contribution in [0.5, 0.6) is 0 Å². The molecule has 0 aliphatic carbocycles. The topological polar surface area (TPSA) is 28.1 Å². The van der Waals surface area contributed by atoms with Crippen molar-refractivity contribution in [3.05, 3.63) is 76.1 Å². The summed E-state index contributed by atoms with van der Waals surface area (Å²) in [6, 6.07) is 16.7. The zero-order valence-electron chi connectivity index (χ0n) is 12.1. The Morgan fingerprint density at radius 3 is 2.52 bits per heavy atom. The van der Waals surface area contributed by atoms with E-state index in [0.717, 1.165) is 16.7 Å². The molecule has 2 aromatic carbocycles. The normalized spacial score (nSPS) is 15.5. The third-order valence-electron chi connectivity index (χ3n) is 4.22. The van der Waals surface area contributed by atoms with Gasteiger partial charge in [0.2, 0.25) is 0 Å². The van der Waals surface area contributed by atoms with Crippen LogP contribution in [0.4, 0.5) is 0 Å². The Morgan fingerprint density at radius 1 is 0.952 bits per heavy atom. The van der Waals surface area contributed by atoms with Gasteiger partial charge in [-0.3, -0.25) is 0 Å². The van der Waals surface area contributed by atoms with E-state index in [0.29, 0.717) is 0 Å². The molecule has 4 rings (SSSR count). The Kier molecular flexibility index (Phi) is 2.58. The summed E-state index contributed by atoms with van der Waals surface area (Å²) in [7, 11) is 0. The third-order valence-corrected chi connectivity index (χ3v) is 4.22. The van der Waals surface area contributed by atoms with Crippen LogP contribution in [-0.2, 0) is 0 Å². The Balaban J connectivity index is 1.92. The largest absolute Gasteiger partial charge is 0.355 e. The highest BCUT2D eigenvalue weighted by Gasteiger charge is 2.10. The van der Waals surface area contributed by atoms with Gasteiger partial charge in [-0.1, -0.05) is 36.4 Å².